The first-order chi connectivity index (χ1) is 14.9. The highest BCUT2D eigenvalue weighted by molar-refractivity contribution is 7.89. The number of amides is 1. The molecule has 0 spiro atoms. The lowest BCUT2D eigenvalue weighted by atomic mass is 9.86. The number of hydrogen-bond donors (Lipinski definition) is 4. The van der Waals surface area contributed by atoms with Crippen LogP contribution in [0.4, 0.5) is 5.82 Å². The van der Waals surface area contributed by atoms with Gasteiger partial charge in [-0.3, -0.25) is 4.79 Å². The molecule has 1 amide bonds. The zero-order valence-electron chi connectivity index (χ0n) is 17.3. The van der Waals surface area contributed by atoms with Gasteiger partial charge in [-0.25, -0.2) is 23.1 Å². The molecule has 2 aliphatic carbocycles. The fraction of sp³-hybridized carbons (Fsp3) is 0.476. The van der Waals surface area contributed by atoms with E-state index in [1.54, 1.807) is 12.1 Å². The number of rotatable bonds is 7. The van der Waals surface area contributed by atoms with Crippen LogP contribution in [0.15, 0.2) is 35.4 Å². The van der Waals surface area contributed by atoms with E-state index in [9.17, 15) is 13.2 Å². The molecule has 9 nitrogen and oxygen atoms in total. The van der Waals surface area contributed by atoms with Crippen molar-refractivity contribution in [1.29, 1.82) is 0 Å². The average Bonchev–Trinajstić information content (AvgIpc) is 3.58. The summed E-state index contributed by atoms with van der Waals surface area (Å²) < 4.78 is 27.3. The average molecular weight is 445 g/mol. The Morgan fingerprint density at radius 2 is 1.68 bits per heavy atom. The predicted molar refractivity (Wildman–Crippen MR) is 117 cm³/mol. The topological polar surface area (TPSA) is 153 Å². The second kappa shape index (κ2) is 8.89. The minimum Gasteiger partial charge on any atom is -0.382 e. The number of hydrogen-bond acceptors (Lipinski definition) is 7. The number of carbonyl (C=O) groups excluding carboxylic acids is 1. The normalized spacial score (nSPS) is 21.6. The quantitative estimate of drug-likeness (QED) is 0.503. The van der Waals surface area contributed by atoms with Gasteiger partial charge in [0.15, 0.2) is 11.5 Å². The van der Waals surface area contributed by atoms with Crippen LogP contribution in [0.2, 0.25) is 0 Å². The van der Waals surface area contributed by atoms with Crippen molar-refractivity contribution in [2.24, 2.45) is 11.7 Å². The van der Waals surface area contributed by atoms with E-state index >= 15 is 0 Å². The van der Waals surface area contributed by atoms with Crippen molar-refractivity contribution >= 4 is 21.7 Å². The van der Waals surface area contributed by atoms with Crippen LogP contribution >= 0.6 is 0 Å². The molecule has 10 heteroatoms. The molecule has 31 heavy (non-hydrogen) atoms. The number of carbonyl (C=O) groups is 1. The van der Waals surface area contributed by atoms with Gasteiger partial charge in [0.05, 0.1) is 16.8 Å². The maximum atomic E-state index is 12.8. The number of nitrogen functional groups attached to an aromatic ring is 1. The number of nitrogens with two attached hydrogens (primary N) is 2. The molecule has 2 fully saturated rings. The van der Waals surface area contributed by atoms with Crippen molar-refractivity contribution in [3.8, 4) is 11.3 Å². The zero-order chi connectivity index (χ0) is 22.0. The first-order valence-corrected chi connectivity index (χ1v) is 12.1. The third-order valence-corrected chi connectivity index (χ3v) is 7.43. The highest BCUT2D eigenvalue weighted by Gasteiger charge is 2.28. The Hall–Kier alpha value is -2.56. The van der Waals surface area contributed by atoms with Gasteiger partial charge in [-0.15, -0.1) is 0 Å². The molecule has 166 valence electrons. The second-order valence-electron chi connectivity index (χ2n) is 8.34. The molecule has 0 aliphatic heterocycles. The van der Waals surface area contributed by atoms with Gasteiger partial charge in [-0.2, -0.15) is 0 Å². The monoisotopic (exact) mass is 444 g/mol. The summed E-state index contributed by atoms with van der Waals surface area (Å²) in [7, 11) is -3.52. The first-order valence-electron chi connectivity index (χ1n) is 10.6. The summed E-state index contributed by atoms with van der Waals surface area (Å²) in [5.74, 6) is 0.230. The van der Waals surface area contributed by atoms with Gasteiger partial charge in [0.1, 0.15) is 0 Å². The molecule has 0 bridgehead atoms. The standard InChI is InChI=1S/C21H28N6O3S/c22-11-13-1-5-15(6-2-13)25-21(28)19-20(23)24-12-18(26-19)14-3-9-17(10-4-14)31(29,30)27-16-7-8-16/h3-4,9-10,12-13,15-16,27H,1-2,5-8,11,22H2,(H2,23,24)(H,25,28). The maximum Gasteiger partial charge on any atom is 0.273 e. The Labute approximate surface area is 182 Å². The zero-order valence-corrected chi connectivity index (χ0v) is 18.1. The molecule has 6 N–H and O–H groups in total. The Morgan fingerprint density at radius 3 is 2.29 bits per heavy atom. The Bertz CT molecular complexity index is 1050. The maximum absolute atomic E-state index is 12.8. The van der Waals surface area contributed by atoms with Crippen LogP contribution in [0.3, 0.4) is 0 Å². The number of nitrogens with one attached hydrogen (secondary N) is 2. The van der Waals surface area contributed by atoms with E-state index in [-0.39, 0.29) is 34.4 Å². The SMILES string of the molecule is NCC1CCC(NC(=O)c2nc(-c3ccc(S(=O)(=O)NC4CC4)cc3)cnc2N)CC1. The minimum atomic E-state index is -3.52. The molecule has 4 rings (SSSR count). The summed E-state index contributed by atoms with van der Waals surface area (Å²) in [6, 6.07) is 6.46. The molecule has 0 saturated heterocycles. The Morgan fingerprint density at radius 1 is 1.03 bits per heavy atom. The highest BCUT2D eigenvalue weighted by atomic mass is 32.2. The van der Waals surface area contributed by atoms with Gasteiger partial charge in [0.25, 0.3) is 5.91 Å². The van der Waals surface area contributed by atoms with E-state index in [1.807, 2.05) is 0 Å². The van der Waals surface area contributed by atoms with Crippen LogP contribution in [0, 0.1) is 5.92 Å². The molecule has 2 saturated carbocycles. The lowest BCUT2D eigenvalue weighted by Gasteiger charge is -2.28. The van der Waals surface area contributed by atoms with Gasteiger partial charge in [-0.05, 0) is 63.1 Å². The van der Waals surface area contributed by atoms with E-state index in [0.29, 0.717) is 23.7 Å². The fourth-order valence-corrected chi connectivity index (χ4v) is 5.10. The van der Waals surface area contributed by atoms with Crippen LogP contribution < -0.4 is 21.5 Å². The smallest absolute Gasteiger partial charge is 0.273 e. The fourth-order valence-electron chi connectivity index (χ4n) is 3.79. The molecule has 1 aromatic heterocycles. The molecule has 0 radical (unpaired) electrons. The molecule has 0 atom stereocenters. The number of aromatic nitrogens is 2. The summed E-state index contributed by atoms with van der Waals surface area (Å²) in [4.78, 5) is 21.5. The van der Waals surface area contributed by atoms with Crippen LogP contribution in [-0.2, 0) is 10.0 Å². The summed E-state index contributed by atoms with van der Waals surface area (Å²) in [6.45, 7) is 0.678. The summed E-state index contributed by atoms with van der Waals surface area (Å²) in [5, 5.41) is 3.00. The van der Waals surface area contributed by atoms with Crippen molar-refractivity contribution in [3.63, 3.8) is 0 Å². The number of anilines is 1. The number of nitrogens with zero attached hydrogens (tertiary/aromatic N) is 2. The molecule has 2 aromatic rings. The van der Waals surface area contributed by atoms with Gasteiger partial charge in [0.2, 0.25) is 10.0 Å². The lowest BCUT2D eigenvalue weighted by molar-refractivity contribution is 0.0918. The summed E-state index contributed by atoms with van der Waals surface area (Å²) in [5.41, 5.74) is 12.8. The summed E-state index contributed by atoms with van der Waals surface area (Å²) in [6.07, 6.45) is 6.97. The Kier molecular flexibility index (Phi) is 6.22. The molecule has 1 heterocycles. The first kappa shape index (κ1) is 21.7. The van der Waals surface area contributed by atoms with Crippen LogP contribution in [-0.4, -0.2) is 42.9 Å². The second-order valence-corrected chi connectivity index (χ2v) is 10.0. The van der Waals surface area contributed by atoms with E-state index in [1.165, 1.54) is 18.3 Å². The van der Waals surface area contributed by atoms with Gasteiger partial charge < -0.3 is 16.8 Å². The molecule has 1 aromatic carbocycles. The van der Waals surface area contributed by atoms with Crippen molar-refractivity contribution in [1.82, 2.24) is 20.0 Å². The molecule has 2 aliphatic rings. The third kappa shape index (κ3) is 5.20. The van der Waals surface area contributed by atoms with E-state index < -0.39 is 10.0 Å². The van der Waals surface area contributed by atoms with Crippen LogP contribution in [0.5, 0.6) is 0 Å². The molecular formula is C21H28N6O3S. The van der Waals surface area contributed by atoms with Gasteiger partial charge in [-0.1, -0.05) is 12.1 Å². The third-order valence-electron chi connectivity index (χ3n) is 5.89. The predicted octanol–water partition coefficient (Wildman–Crippen LogP) is 1.41. The lowest BCUT2D eigenvalue weighted by Crippen LogP contribution is -2.39. The van der Waals surface area contributed by atoms with E-state index in [2.05, 4.69) is 20.0 Å². The number of benzene rings is 1. The molecule has 0 unspecified atom stereocenters. The van der Waals surface area contributed by atoms with Crippen molar-refractivity contribution in [2.45, 2.75) is 55.5 Å². The van der Waals surface area contributed by atoms with Crippen molar-refractivity contribution < 1.29 is 13.2 Å². The van der Waals surface area contributed by atoms with Crippen LogP contribution in [0.25, 0.3) is 11.3 Å². The van der Waals surface area contributed by atoms with E-state index in [4.69, 9.17) is 11.5 Å². The van der Waals surface area contributed by atoms with Gasteiger partial charge >= 0.3 is 0 Å². The highest BCUT2D eigenvalue weighted by Crippen LogP contribution is 2.25. The van der Waals surface area contributed by atoms with E-state index in [0.717, 1.165) is 38.5 Å². The largest absolute Gasteiger partial charge is 0.382 e. The van der Waals surface area contributed by atoms with Crippen LogP contribution in [0.1, 0.15) is 49.0 Å². The molecular weight excluding hydrogens is 416 g/mol. The van der Waals surface area contributed by atoms with Gasteiger partial charge in [0, 0.05) is 17.6 Å². The minimum absolute atomic E-state index is 0.0408. The van der Waals surface area contributed by atoms with Crippen molar-refractivity contribution in [2.75, 3.05) is 12.3 Å². The Balaban J connectivity index is 1.47. The van der Waals surface area contributed by atoms with Crippen molar-refractivity contribution in [3.05, 3.63) is 36.2 Å². The summed E-state index contributed by atoms with van der Waals surface area (Å²) >= 11 is 0. The number of sulfonamides is 1.